The molecular formula is C17H17BrN2O2. The zero-order chi connectivity index (χ0) is 16.1. The normalized spacial score (nSPS) is 10.1. The molecule has 0 aliphatic heterocycles. The minimum atomic E-state index is -0.353. The summed E-state index contributed by atoms with van der Waals surface area (Å²) < 4.78 is 0.791. The van der Waals surface area contributed by atoms with Gasteiger partial charge < -0.3 is 10.6 Å². The van der Waals surface area contributed by atoms with Gasteiger partial charge in [0.15, 0.2) is 0 Å². The van der Waals surface area contributed by atoms with E-state index in [1.165, 1.54) is 0 Å². The Morgan fingerprint density at radius 2 is 1.50 bits per heavy atom. The van der Waals surface area contributed by atoms with Gasteiger partial charge in [0.1, 0.15) is 6.42 Å². The summed E-state index contributed by atoms with van der Waals surface area (Å²) in [5.41, 5.74) is 3.53. The third-order valence-corrected chi connectivity index (χ3v) is 3.71. The van der Waals surface area contributed by atoms with E-state index < -0.39 is 0 Å². The fourth-order valence-electron chi connectivity index (χ4n) is 1.90. The highest BCUT2D eigenvalue weighted by molar-refractivity contribution is 9.10. The van der Waals surface area contributed by atoms with E-state index in [9.17, 15) is 9.59 Å². The molecule has 0 bridgehead atoms. The van der Waals surface area contributed by atoms with E-state index >= 15 is 0 Å². The maximum atomic E-state index is 11.9. The fraction of sp³-hybridized carbons (Fsp3) is 0.176. The summed E-state index contributed by atoms with van der Waals surface area (Å²) >= 11 is 3.39. The van der Waals surface area contributed by atoms with Gasteiger partial charge in [0, 0.05) is 10.2 Å². The summed E-state index contributed by atoms with van der Waals surface area (Å²) in [5, 5.41) is 5.41. The number of amides is 2. The van der Waals surface area contributed by atoms with Gasteiger partial charge in [0.05, 0.1) is 5.69 Å². The molecule has 0 radical (unpaired) electrons. The van der Waals surface area contributed by atoms with Crippen molar-refractivity contribution < 1.29 is 9.59 Å². The second-order valence-electron chi connectivity index (χ2n) is 5.12. The molecule has 0 atom stereocenters. The predicted octanol–water partition coefficient (Wildman–Crippen LogP) is 4.03. The molecule has 4 nitrogen and oxygen atoms in total. The Kier molecular flexibility index (Phi) is 5.33. The van der Waals surface area contributed by atoms with Crippen LogP contribution in [0.15, 0.2) is 46.9 Å². The lowest BCUT2D eigenvalue weighted by Gasteiger charge is -2.09. The van der Waals surface area contributed by atoms with E-state index in [4.69, 9.17) is 0 Å². The van der Waals surface area contributed by atoms with Gasteiger partial charge in [0.25, 0.3) is 0 Å². The first-order chi connectivity index (χ1) is 10.4. The molecule has 114 valence electrons. The maximum absolute atomic E-state index is 11.9. The zero-order valence-corrected chi connectivity index (χ0v) is 14.0. The lowest BCUT2D eigenvalue weighted by molar-refractivity contribution is -0.123. The minimum absolute atomic E-state index is 0.228. The Labute approximate surface area is 138 Å². The maximum Gasteiger partial charge on any atom is 0.233 e. The Balaban J connectivity index is 1.91. The summed E-state index contributed by atoms with van der Waals surface area (Å²) in [7, 11) is 0. The van der Waals surface area contributed by atoms with Crippen LogP contribution in [0.25, 0.3) is 0 Å². The van der Waals surface area contributed by atoms with Crippen molar-refractivity contribution in [3.63, 3.8) is 0 Å². The number of aryl methyl sites for hydroxylation is 2. The van der Waals surface area contributed by atoms with E-state index in [0.29, 0.717) is 11.4 Å². The molecule has 0 fully saturated rings. The number of hydrogen-bond acceptors (Lipinski definition) is 2. The smallest absolute Gasteiger partial charge is 0.233 e. The van der Waals surface area contributed by atoms with Gasteiger partial charge in [-0.3, -0.25) is 9.59 Å². The van der Waals surface area contributed by atoms with E-state index in [2.05, 4.69) is 26.6 Å². The van der Waals surface area contributed by atoms with Gasteiger partial charge in [-0.15, -0.1) is 0 Å². The standard InChI is InChI=1S/C17H17BrN2O2/c1-11-3-6-13(7-4-11)19-16(21)10-17(22)20-15-8-5-12(2)9-14(15)18/h3-9H,10H2,1-2H3,(H,19,21)(H,20,22). The fourth-order valence-corrected chi connectivity index (χ4v) is 2.50. The van der Waals surface area contributed by atoms with Crippen LogP contribution in [0.1, 0.15) is 17.5 Å². The first kappa shape index (κ1) is 16.2. The van der Waals surface area contributed by atoms with Crippen LogP contribution in [0.3, 0.4) is 0 Å². The summed E-state index contributed by atoms with van der Waals surface area (Å²) in [6.07, 6.45) is -0.228. The number of carbonyl (C=O) groups excluding carboxylic acids is 2. The second-order valence-corrected chi connectivity index (χ2v) is 5.98. The van der Waals surface area contributed by atoms with Crippen molar-refractivity contribution in [3.8, 4) is 0 Å². The molecule has 0 saturated carbocycles. The van der Waals surface area contributed by atoms with E-state index in [1.54, 1.807) is 6.07 Å². The Bertz CT molecular complexity index is 696. The molecule has 0 aromatic heterocycles. The molecule has 0 saturated heterocycles. The molecular weight excluding hydrogens is 344 g/mol. The highest BCUT2D eigenvalue weighted by Gasteiger charge is 2.11. The van der Waals surface area contributed by atoms with Crippen molar-refractivity contribution in [3.05, 3.63) is 58.1 Å². The third kappa shape index (κ3) is 4.70. The molecule has 0 aliphatic carbocycles. The molecule has 2 aromatic rings. The van der Waals surface area contributed by atoms with Gasteiger partial charge in [0.2, 0.25) is 11.8 Å². The van der Waals surface area contributed by atoms with Crippen LogP contribution in [0.4, 0.5) is 11.4 Å². The number of nitrogens with one attached hydrogen (secondary N) is 2. The van der Waals surface area contributed by atoms with Crippen molar-refractivity contribution in [1.82, 2.24) is 0 Å². The summed E-state index contributed by atoms with van der Waals surface area (Å²) in [4.78, 5) is 23.8. The van der Waals surface area contributed by atoms with Crippen LogP contribution in [0.5, 0.6) is 0 Å². The summed E-state index contributed by atoms with van der Waals surface area (Å²) in [5.74, 6) is -0.696. The van der Waals surface area contributed by atoms with Gasteiger partial charge in [-0.05, 0) is 59.6 Å². The van der Waals surface area contributed by atoms with Crippen LogP contribution in [0.2, 0.25) is 0 Å². The molecule has 0 spiro atoms. The Morgan fingerprint density at radius 1 is 0.909 bits per heavy atom. The molecule has 2 amide bonds. The molecule has 0 heterocycles. The highest BCUT2D eigenvalue weighted by Crippen LogP contribution is 2.23. The van der Waals surface area contributed by atoms with Gasteiger partial charge >= 0.3 is 0 Å². The van der Waals surface area contributed by atoms with Crippen LogP contribution < -0.4 is 10.6 Å². The van der Waals surface area contributed by atoms with Crippen LogP contribution in [-0.2, 0) is 9.59 Å². The summed E-state index contributed by atoms with van der Waals surface area (Å²) in [6, 6.07) is 13.0. The number of benzene rings is 2. The lowest BCUT2D eigenvalue weighted by atomic mass is 10.2. The lowest BCUT2D eigenvalue weighted by Crippen LogP contribution is -2.21. The van der Waals surface area contributed by atoms with Crippen LogP contribution in [0, 0.1) is 13.8 Å². The quantitative estimate of drug-likeness (QED) is 0.808. The molecule has 2 rings (SSSR count). The molecule has 2 N–H and O–H groups in total. The van der Waals surface area contributed by atoms with Gasteiger partial charge in [-0.25, -0.2) is 0 Å². The average molecular weight is 361 g/mol. The van der Waals surface area contributed by atoms with Crippen molar-refractivity contribution in [2.24, 2.45) is 0 Å². The van der Waals surface area contributed by atoms with Crippen LogP contribution >= 0.6 is 15.9 Å². The summed E-state index contributed by atoms with van der Waals surface area (Å²) in [6.45, 7) is 3.93. The minimum Gasteiger partial charge on any atom is -0.326 e. The molecule has 2 aromatic carbocycles. The number of carbonyl (C=O) groups is 2. The third-order valence-electron chi connectivity index (χ3n) is 3.06. The first-order valence-electron chi connectivity index (χ1n) is 6.86. The zero-order valence-electron chi connectivity index (χ0n) is 12.4. The molecule has 22 heavy (non-hydrogen) atoms. The van der Waals surface area contributed by atoms with E-state index in [1.807, 2.05) is 50.2 Å². The van der Waals surface area contributed by atoms with E-state index in [0.717, 1.165) is 15.6 Å². The Morgan fingerprint density at radius 3 is 2.14 bits per heavy atom. The number of halogens is 1. The van der Waals surface area contributed by atoms with Crippen molar-refractivity contribution >= 4 is 39.1 Å². The molecule has 5 heteroatoms. The number of rotatable bonds is 4. The van der Waals surface area contributed by atoms with Gasteiger partial charge in [-0.2, -0.15) is 0 Å². The topological polar surface area (TPSA) is 58.2 Å². The molecule has 0 aliphatic rings. The predicted molar refractivity (Wildman–Crippen MR) is 91.9 cm³/mol. The van der Waals surface area contributed by atoms with E-state index in [-0.39, 0.29) is 18.2 Å². The largest absolute Gasteiger partial charge is 0.326 e. The first-order valence-corrected chi connectivity index (χ1v) is 7.66. The number of hydrogen-bond donors (Lipinski definition) is 2. The average Bonchev–Trinajstić information content (AvgIpc) is 2.44. The van der Waals surface area contributed by atoms with Crippen molar-refractivity contribution in [2.45, 2.75) is 20.3 Å². The number of anilines is 2. The highest BCUT2D eigenvalue weighted by atomic mass is 79.9. The Hall–Kier alpha value is -2.14. The van der Waals surface area contributed by atoms with Crippen molar-refractivity contribution in [1.29, 1.82) is 0 Å². The van der Waals surface area contributed by atoms with Crippen molar-refractivity contribution in [2.75, 3.05) is 10.6 Å². The monoisotopic (exact) mass is 360 g/mol. The SMILES string of the molecule is Cc1ccc(NC(=O)CC(=O)Nc2ccc(C)cc2Br)cc1. The van der Waals surface area contributed by atoms with Crippen LogP contribution in [-0.4, -0.2) is 11.8 Å². The second kappa shape index (κ2) is 7.22. The van der Waals surface area contributed by atoms with Gasteiger partial charge in [-0.1, -0.05) is 23.8 Å². The molecule has 0 unspecified atom stereocenters.